The highest BCUT2D eigenvalue weighted by molar-refractivity contribution is 5.68. The lowest BCUT2D eigenvalue weighted by Gasteiger charge is -2.30. The minimum absolute atomic E-state index is 0.0801. The largest absolute Gasteiger partial charge is 0.476 e. The van der Waals surface area contributed by atoms with Crippen molar-refractivity contribution in [3.05, 3.63) is 10.1 Å². The van der Waals surface area contributed by atoms with Crippen LogP contribution in [0, 0.1) is 10.1 Å². The summed E-state index contributed by atoms with van der Waals surface area (Å²) in [6, 6.07) is -0.0801. The molecule has 27 heavy (non-hydrogen) atoms. The fourth-order valence-electron chi connectivity index (χ4n) is 2.10. The number of ether oxygens (including phenoxy) is 3. The number of nitrogens with zero attached hydrogens (tertiary/aromatic N) is 4. The fraction of sp³-hybridized carbons (Fsp3) is 0.688. The summed E-state index contributed by atoms with van der Waals surface area (Å²) in [5.74, 6) is -0.355. The molecule has 0 unspecified atom stereocenters. The van der Waals surface area contributed by atoms with Crippen LogP contribution in [0.5, 0.6) is 11.8 Å². The third kappa shape index (κ3) is 6.42. The molecule has 152 valence electrons. The topological polar surface area (TPSA) is 129 Å². The first-order valence-electron chi connectivity index (χ1n) is 8.38. The van der Waals surface area contributed by atoms with Crippen LogP contribution >= 0.6 is 0 Å². The normalized spacial score (nSPS) is 11.1. The van der Waals surface area contributed by atoms with Gasteiger partial charge in [0.1, 0.15) is 5.60 Å². The summed E-state index contributed by atoms with van der Waals surface area (Å²) in [4.78, 5) is 32.2. The van der Waals surface area contributed by atoms with Crippen LogP contribution in [0.3, 0.4) is 0 Å². The molecule has 0 aliphatic rings. The molecule has 0 fully saturated rings. The zero-order valence-electron chi connectivity index (χ0n) is 16.7. The van der Waals surface area contributed by atoms with E-state index in [0.29, 0.717) is 13.1 Å². The van der Waals surface area contributed by atoms with Crippen molar-refractivity contribution >= 4 is 17.7 Å². The Morgan fingerprint density at radius 2 is 1.74 bits per heavy atom. The Hall–Kier alpha value is -2.85. The number of hydrogen-bond acceptors (Lipinski definition) is 9. The highest BCUT2D eigenvalue weighted by Gasteiger charge is 2.27. The number of aromatic nitrogens is 2. The highest BCUT2D eigenvalue weighted by atomic mass is 16.6. The minimum atomic E-state index is -0.676. The molecule has 0 aromatic carbocycles. The number of anilines is 1. The second-order valence-corrected chi connectivity index (χ2v) is 6.87. The molecule has 1 N–H and O–H groups in total. The Morgan fingerprint density at radius 1 is 1.22 bits per heavy atom. The smallest absolute Gasteiger partial charge is 0.410 e. The number of nitrogens with one attached hydrogen (secondary N) is 1. The SMILES string of the molecule is COc1nc(NCCN(C(=O)OC(C)(C)C)C(C)C)nc(OC)c1[N+](=O)[O-]. The van der Waals surface area contributed by atoms with Crippen molar-refractivity contribution in [2.24, 2.45) is 0 Å². The van der Waals surface area contributed by atoms with Crippen LogP contribution in [-0.2, 0) is 4.74 Å². The summed E-state index contributed by atoms with van der Waals surface area (Å²) < 4.78 is 15.3. The Kier molecular flexibility index (Phi) is 7.56. The lowest BCUT2D eigenvalue weighted by molar-refractivity contribution is -0.387. The molecule has 0 aliphatic heterocycles. The van der Waals surface area contributed by atoms with Gasteiger partial charge in [-0.3, -0.25) is 10.1 Å². The van der Waals surface area contributed by atoms with Gasteiger partial charge < -0.3 is 24.4 Å². The van der Waals surface area contributed by atoms with Crippen LogP contribution in [0.1, 0.15) is 34.6 Å². The molecule has 0 aliphatic carbocycles. The third-order valence-corrected chi connectivity index (χ3v) is 3.28. The van der Waals surface area contributed by atoms with Crippen molar-refractivity contribution in [2.75, 3.05) is 32.6 Å². The van der Waals surface area contributed by atoms with Gasteiger partial charge in [-0.25, -0.2) is 4.79 Å². The van der Waals surface area contributed by atoms with Gasteiger partial charge in [0.15, 0.2) is 0 Å². The second kappa shape index (κ2) is 9.19. The van der Waals surface area contributed by atoms with Crippen molar-refractivity contribution in [2.45, 2.75) is 46.3 Å². The van der Waals surface area contributed by atoms with E-state index in [2.05, 4.69) is 15.3 Å². The maximum atomic E-state index is 12.3. The Morgan fingerprint density at radius 3 is 2.11 bits per heavy atom. The molecule has 1 amide bonds. The standard InChI is InChI=1S/C16H27N5O6/c1-10(2)20(15(22)27-16(3,4)5)9-8-17-14-18-12(25-6)11(21(23)24)13(19-14)26-7/h10H,8-9H2,1-7H3,(H,17,18,19). The van der Waals surface area contributed by atoms with Gasteiger partial charge in [0.2, 0.25) is 5.95 Å². The van der Waals surface area contributed by atoms with Crippen molar-refractivity contribution in [3.8, 4) is 11.8 Å². The molecule has 11 heteroatoms. The van der Waals surface area contributed by atoms with E-state index < -0.39 is 22.3 Å². The van der Waals surface area contributed by atoms with Gasteiger partial charge in [0.25, 0.3) is 0 Å². The Balaban J connectivity index is 2.87. The molecular weight excluding hydrogens is 358 g/mol. The van der Waals surface area contributed by atoms with E-state index >= 15 is 0 Å². The van der Waals surface area contributed by atoms with E-state index in [1.807, 2.05) is 13.8 Å². The highest BCUT2D eigenvalue weighted by Crippen LogP contribution is 2.34. The van der Waals surface area contributed by atoms with E-state index in [9.17, 15) is 14.9 Å². The van der Waals surface area contributed by atoms with E-state index in [-0.39, 0.29) is 23.8 Å². The second-order valence-electron chi connectivity index (χ2n) is 6.87. The van der Waals surface area contributed by atoms with E-state index in [1.165, 1.54) is 14.2 Å². The van der Waals surface area contributed by atoms with Gasteiger partial charge in [-0.05, 0) is 34.6 Å². The number of carbonyl (C=O) groups excluding carboxylic acids is 1. The summed E-state index contributed by atoms with van der Waals surface area (Å²) in [7, 11) is 2.53. The first-order valence-corrected chi connectivity index (χ1v) is 8.38. The van der Waals surface area contributed by atoms with Crippen LogP contribution in [0.2, 0.25) is 0 Å². The van der Waals surface area contributed by atoms with Gasteiger partial charge in [0, 0.05) is 19.1 Å². The molecule has 1 aromatic heterocycles. The number of hydrogen-bond donors (Lipinski definition) is 1. The van der Waals surface area contributed by atoms with Gasteiger partial charge in [-0.2, -0.15) is 9.97 Å². The summed E-state index contributed by atoms with van der Waals surface area (Å²) in [6.07, 6.45) is -0.431. The number of nitro groups is 1. The first kappa shape index (κ1) is 22.2. The van der Waals surface area contributed by atoms with Gasteiger partial charge >= 0.3 is 23.5 Å². The van der Waals surface area contributed by atoms with Crippen molar-refractivity contribution in [3.63, 3.8) is 0 Å². The molecule has 0 saturated heterocycles. The lowest BCUT2D eigenvalue weighted by atomic mass is 10.2. The number of carbonyl (C=O) groups is 1. The van der Waals surface area contributed by atoms with Crippen molar-refractivity contribution in [1.29, 1.82) is 0 Å². The molecule has 0 saturated carbocycles. The first-order chi connectivity index (χ1) is 12.5. The van der Waals surface area contributed by atoms with E-state index in [0.717, 1.165) is 0 Å². The molecule has 1 rings (SSSR count). The molecule has 0 spiro atoms. The van der Waals surface area contributed by atoms with Gasteiger partial charge in [-0.15, -0.1) is 0 Å². The third-order valence-electron chi connectivity index (χ3n) is 3.28. The predicted molar refractivity (Wildman–Crippen MR) is 98.4 cm³/mol. The van der Waals surface area contributed by atoms with E-state index in [4.69, 9.17) is 14.2 Å². The average Bonchev–Trinajstić information content (AvgIpc) is 2.55. The van der Waals surface area contributed by atoms with Gasteiger partial charge in [-0.1, -0.05) is 0 Å². The zero-order chi connectivity index (χ0) is 20.8. The lowest BCUT2D eigenvalue weighted by Crippen LogP contribution is -2.43. The van der Waals surface area contributed by atoms with Gasteiger partial charge in [0.05, 0.1) is 19.1 Å². The monoisotopic (exact) mass is 385 g/mol. The molecule has 0 radical (unpaired) electrons. The number of rotatable bonds is 8. The van der Waals surface area contributed by atoms with Crippen LogP contribution in [0.25, 0.3) is 0 Å². The van der Waals surface area contributed by atoms with Crippen LogP contribution in [-0.4, -0.2) is 64.8 Å². The average molecular weight is 385 g/mol. The number of amides is 1. The quantitative estimate of drug-likeness (QED) is 0.530. The minimum Gasteiger partial charge on any atom is -0.476 e. The maximum Gasteiger partial charge on any atom is 0.410 e. The molecular formula is C16H27N5O6. The van der Waals surface area contributed by atoms with Crippen LogP contribution in [0.15, 0.2) is 0 Å². The van der Waals surface area contributed by atoms with Crippen molar-refractivity contribution in [1.82, 2.24) is 14.9 Å². The Bertz CT molecular complexity index is 649. The van der Waals surface area contributed by atoms with Crippen molar-refractivity contribution < 1.29 is 23.9 Å². The maximum absolute atomic E-state index is 12.3. The van der Waals surface area contributed by atoms with Crippen LogP contribution in [0.4, 0.5) is 16.4 Å². The Labute approximate surface area is 158 Å². The zero-order valence-corrected chi connectivity index (χ0v) is 16.7. The fourth-order valence-corrected chi connectivity index (χ4v) is 2.10. The van der Waals surface area contributed by atoms with E-state index in [1.54, 1.807) is 25.7 Å². The molecule has 0 atom stereocenters. The molecule has 1 aromatic rings. The summed E-state index contributed by atoms with van der Waals surface area (Å²) in [5, 5.41) is 14.0. The predicted octanol–water partition coefficient (Wildman–Crippen LogP) is 2.46. The molecule has 1 heterocycles. The molecule has 0 bridgehead atoms. The summed E-state index contributed by atoms with van der Waals surface area (Å²) in [6.45, 7) is 9.75. The summed E-state index contributed by atoms with van der Waals surface area (Å²) in [5.41, 5.74) is -1.05. The van der Waals surface area contributed by atoms with Crippen LogP contribution < -0.4 is 14.8 Å². The molecule has 11 nitrogen and oxygen atoms in total. The number of methoxy groups -OCH3 is 2. The summed E-state index contributed by atoms with van der Waals surface area (Å²) >= 11 is 0.